The number of amides is 2. The Morgan fingerprint density at radius 2 is 1.67 bits per heavy atom. The second kappa shape index (κ2) is 10.7. The van der Waals surface area contributed by atoms with Gasteiger partial charge in [0.05, 0.1) is 11.4 Å². The smallest absolute Gasteiger partial charge is 0.427 e. The second-order valence-corrected chi connectivity index (χ2v) is 8.50. The van der Waals surface area contributed by atoms with E-state index in [2.05, 4.69) is 5.43 Å². The molecule has 160 valence electrons. The summed E-state index contributed by atoms with van der Waals surface area (Å²) in [4.78, 5) is 37.0. The fourth-order valence-electron chi connectivity index (χ4n) is 2.56. The highest BCUT2D eigenvalue weighted by Crippen LogP contribution is 2.30. The van der Waals surface area contributed by atoms with Crippen molar-refractivity contribution in [3.63, 3.8) is 0 Å². The third kappa shape index (κ3) is 7.79. The summed E-state index contributed by atoms with van der Waals surface area (Å²) in [5, 5.41) is 10.1. The molecule has 30 heavy (non-hydrogen) atoms. The van der Waals surface area contributed by atoms with Crippen molar-refractivity contribution >= 4 is 35.4 Å². The number of para-hydroxylation sites is 1. The average molecular weight is 431 g/mol. The van der Waals surface area contributed by atoms with Gasteiger partial charge >= 0.3 is 12.1 Å². The lowest BCUT2D eigenvalue weighted by Gasteiger charge is -2.27. The molecule has 0 aliphatic rings. The van der Waals surface area contributed by atoms with E-state index in [1.807, 2.05) is 30.3 Å². The van der Waals surface area contributed by atoms with Gasteiger partial charge in [-0.05, 0) is 44.9 Å². The average Bonchev–Trinajstić information content (AvgIpc) is 2.68. The summed E-state index contributed by atoms with van der Waals surface area (Å²) in [6.45, 7) is 5.18. The van der Waals surface area contributed by atoms with Crippen molar-refractivity contribution in [2.75, 3.05) is 10.8 Å². The molecule has 0 atom stereocenters. The number of aliphatic carboxylic acids is 1. The van der Waals surface area contributed by atoms with E-state index in [4.69, 9.17) is 9.84 Å². The minimum absolute atomic E-state index is 0.151. The minimum atomic E-state index is -0.975. The molecular weight excluding hydrogens is 404 g/mol. The first-order valence-corrected chi connectivity index (χ1v) is 10.4. The quantitative estimate of drug-likeness (QED) is 0.503. The van der Waals surface area contributed by atoms with Crippen LogP contribution in [0.1, 0.15) is 32.8 Å². The number of aryl methyl sites for hydroxylation is 1. The van der Waals surface area contributed by atoms with Crippen LogP contribution in [0, 0.1) is 0 Å². The summed E-state index contributed by atoms with van der Waals surface area (Å²) < 4.78 is 5.30. The molecule has 0 aliphatic carbocycles. The van der Waals surface area contributed by atoms with Crippen LogP contribution in [0.25, 0.3) is 0 Å². The number of ether oxygens (including phenoxy) is 1. The number of carbonyl (C=O) groups is 3. The number of benzene rings is 2. The van der Waals surface area contributed by atoms with E-state index in [1.54, 1.807) is 45.0 Å². The molecule has 2 amide bonds. The largest absolute Gasteiger partial charge is 0.481 e. The predicted octanol–water partition coefficient (Wildman–Crippen LogP) is 4.27. The molecule has 0 unspecified atom stereocenters. The molecule has 0 spiro atoms. The number of hydrazine groups is 1. The number of nitrogens with zero attached hydrogens (tertiary/aromatic N) is 1. The maximum atomic E-state index is 13.0. The van der Waals surface area contributed by atoms with Crippen LogP contribution >= 0.6 is 11.8 Å². The molecule has 2 rings (SSSR count). The number of carboxylic acids is 1. The molecule has 0 aliphatic heterocycles. The lowest BCUT2D eigenvalue weighted by atomic mass is 10.1. The molecule has 0 saturated carbocycles. The first kappa shape index (κ1) is 23.3. The van der Waals surface area contributed by atoms with Crippen LogP contribution in [0.3, 0.4) is 0 Å². The third-order valence-corrected chi connectivity index (χ3v) is 4.83. The van der Waals surface area contributed by atoms with Crippen molar-refractivity contribution in [2.45, 2.75) is 44.1 Å². The molecule has 0 bridgehead atoms. The molecule has 0 aromatic heterocycles. The molecule has 8 heteroatoms. The van der Waals surface area contributed by atoms with E-state index in [-0.39, 0.29) is 18.1 Å². The van der Waals surface area contributed by atoms with Gasteiger partial charge in [0, 0.05) is 11.3 Å². The maximum absolute atomic E-state index is 13.0. The van der Waals surface area contributed by atoms with Crippen LogP contribution < -0.4 is 10.4 Å². The Hall–Kier alpha value is -3.00. The van der Waals surface area contributed by atoms with Crippen molar-refractivity contribution < 1.29 is 24.2 Å². The summed E-state index contributed by atoms with van der Waals surface area (Å²) in [6, 6.07) is 16.4. The molecule has 2 N–H and O–H groups in total. The monoisotopic (exact) mass is 430 g/mol. The van der Waals surface area contributed by atoms with E-state index in [0.29, 0.717) is 17.0 Å². The fourth-order valence-corrected chi connectivity index (χ4v) is 3.32. The van der Waals surface area contributed by atoms with Gasteiger partial charge in [0.25, 0.3) is 0 Å². The Balaban J connectivity index is 2.25. The van der Waals surface area contributed by atoms with Crippen LogP contribution in [0.15, 0.2) is 59.5 Å². The Bertz CT molecular complexity index is 881. The number of hydrogen-bond acceptors (Lipinski definition) is 5. The standard InChI is InChI=1S/C22H26N2O5S/c1-22(2,3)29-21(28)23-24(19(25)14-13-16-9-5-4-6-10-16)17-11-7-8-12-18(17)30-15-20(26)27/h4-12H,13-15H2,1-3H3,(H,23,28)(H,26,27). The normalized spacial score (nSPS) is 10.9. The molecule has 0 heterocycles. The van der Waals surface area contributed by atoms with Crippen molar-refractivity contribution in [1.29, 1.82) is 0 Å². The highest BCUT2D eigenvalue weighted by Gasteiger charge is 2.24. The molecule has 0 fully saturated rings. The molecular formula is C22H26N2O5S. The number of anilines is 1. The number of carbonyl (C=O) groups excluding carboxylic acids is 2. The lowest BCUT2D eigenvalue weighted by molar-refractivity contribution is -0.133. The summed E-state index contributed by atoms with van der Waals surface area (Å²) in [5.74, 6) is -1.49. The summed E-state index contributed by atoms with van der Waals surface area (Å²) >= 11 is 1.07. The van der Waals surface area contributed by atoms with Crippen LogP contribution in [0.4, 0.5) is 10.5 Å². The number of rotatable bonds is 7. The number of carboxylic acid groups (broad SMARTS) is 1. The van der Waals surface area contributed by atoms with E-state index in [9.17, 15) is 14.4 Å². The maximum Gasteiger partial charge on any atom is 0.427 e. The van der Waals surface area contributed by atoms with Gasteiger partial charge in [0.2, 0.25) is 5.91 Å². The summed E-state index contributed by atoms with van der Waals surface area (Å²) in [7, 11) is 0. The Morgan fingerprint density at radius 3 is 2.30 bits per heavy atom. The van der Waals surface area contributed by atoms with Gasteiger partial charge in [-0.1, -0.05) is 42.5 Å². The van der Waals surface area contributed by atoms with Gasteiger partial charge in [-0.2, -0.15) is 0 Å². The third-order valence-electron chi connectivity index (χ3n) is 3.78. The topological polar surface area (TPSA) is 95.9 Å². The summed E-state index contributed by atoms with van der Waals surface area (Å²) in [6.07, 6.45) is -0.123. The first-order valence-electron chi connectivity index (χ1n) is 9.46. The Morgan fingerprint density at radius 1 is 1.03 bits per heavy atom. The Labute approximate surface area is 180 Å². The van der Waals surface area contributed by atoms with Gasteiger partial charge in [0.1, 0.15) is 5.60 Å². The van der Waals surface area contributed by atoms with Gasteiger partial charge in [-0.25, -0.2) is 15.2 Å². The van der Waals surface area contributed by atoms with Crippen molar-refractivity contribution in [2.24, 2.45) is 0 Å². The Kier molecular flexibility index (Phi) is 8.29. The lowest BCUT2D eigenvalue weighted by Crippen LogP contribution is -2.48. The first-order chi connectivity index (χ1) is 14.2. The highest BCUT2D eigenvalue weighted by atomic mass is 32.2. The van der Waals surface area contributed by atoms with Gasteiger partial charge in [0.15, 0.2) is 0 Å². The second-order valence-electron chi connectivity index (χ2n) is 7.48. The predicted molar refractivity (Wildman–Crippen MR) is 116 cm³/mol. The van der Waals surface area contributed by atoms with Crippen LogP contribution in [0.5, 0.6) is 0 Å². The molecule has 7 nitrogen and oxygen atoms in total. The molecule has 2 aromatic carbocycles. The summed E-state index contributed by atoms with van der Waals surface area (Å²) in [5.41, 5.74) is 3.17. The van der Waals surface area contributed by atoms with E-state index < -0.39 is 17.7 Å². The van der Waals surface area contributed by atoms with Crippen LogP contribution in [-0.4, -0.2) is 34.4 Å². The van der Waals surface area contributed by atoms with Gasteiger partial charge in [-0.3, -0.25) is 9.59 Å². The van der Waals surface area contributed by atoms with Gasteiger partial charge < -0.3 is 9.84 Å². The zero-order valence-electron chi connectivity index (χ0n) is 17.3. The van der Waals surface area contributed by atoms with Crippen molar-refractivity contribution in [3.8, 4) is 0 Å². The molecule has 2 aromatic rings. The van der Waals surface area contributed by atoms with Crippen LogP contribution in [0.2, 0.25) is 0 Å². The number of hydrogen-bond donors (Lipinski definition) is 2. The van der Waals surface area contributed by atoms with Crippen molar-refractivity contribution in [3.05, 3.63) is 60.2 Å². The number of thioether (sulfide) groups is 1. The molecule has 0 radical (unpaired) electrons. The van der Waals surface area contributed by atoms with Crippen molar-refractivity contribution in [1.82, 2.24) is 5.43 Å². The van der Waals surface area contributed by atoms with E-state index in [1.165, 1.54) is 0 Å². The van der Waals surface area contributed by atoms with E-state index >= 15 is 0 Å². The SMILES string of the molecule is CC(C)(C)OC(=O)NN(C(=O)CCc1ccccc1)c1ccccc1SCC(=O)O. The number of nitrogens with one attached hydrogen (secondary N) is 1. The van der Waals surface area contributed by atoms with Crippen LogP contribution in [-0.2, 0) is 20.7 Å². The zero-order valence-corrected chi connectivity index (χ0v) is 18.1. The highest BCUT2D eigenvalue weighted by molar-refractivity contribution is 8.00. The van der Waals surface area contributed by atoms with Gasteiger partial charge in [-0.15, -0.1) is 11.8 Å². The zero-order chi connectivity index (χ0) is 22.1. The molecule has 0 saturated heterocycles. The fraction of sp³-hybridized carbons (Fsp3) is 0.318. The van der Waals surface area contributed by atoms with E-state index in [0.717, 1.165) is 22.3 Å². The minimum Gasteiger partial charge on any atom is -0.481 e.